The van der Waals surface area contributed by atoms with Crippen LogP contribution in [0.1, 0.15) is 0 Å². The molecule has 0 radical (unpaired) electrons. The number of nitrogens with zero attached hydrogens (tertiary/aromatic N) is 1. The Labute approximate surface area is 40.0 Å². The Morgan fingerprint density at radius 2 is 1.29 bits per heavy atom. The van der Waals surface area contributed by atoms with Crippen molar-refractivity contribution in [2.75, 3.05) is 0 Å². The topological polar surface area (TPSA) is 138 Å². The van der Waals surface area contributed by atoms with E-state index in [4.69, 9.17) is 16.5 Å². The molecule has 0 aromatic rings. The summed E-state index contributed by atoms with van der Waals surface area (Å²) in [4.78, 5) is 2.00. The van der Waals surface area contributed by atoms with Gasteiger partial charge in [-0.2, -0.15) is 0 Å². The molecule has 0 aromatic carbocycles. The third-order valence-corrected chi connectivity index (χ3v) is 0. The molecule has 7 N–H and O–H groups in total. The lowest BCUT2D eigenvalue weighted by molar-refractivity contribution is 0.928. The van der Waals surface area contributed by atoms with Gasteiger partial charge in [-0.15, -0.1) is 0 Å². The molecule has 6 heteroatoms. The fourth-order valence-corrected chi connectivity index (χ4v) is 0. The van der Waals surface area contributed by atoms with E-state index in [0.717, 1.165) is 0 Å². The van der Waals surface area contributed by atoms with Crippen molar-refractivity contribution >= 4 is 5.96 Å². The fraction of sp³-hybridized carbons (Fsp3) is 0. The molecule has 40 valence electrons. The van der Waals surface area contributed by atoms with Gasteiger partial charge in [0.15, 0.2) is 5.96 Å². The summed E-state index contributed by atoms with van der Waals surface area (Å²) in [6.45, 7) is 0. The van der Waals surface area contributed by atoms with E-state index in [0.29, 0.717) is 0 Å². The lowest BCUT2D eigenvalue weighted by Gasteiger charge is -1.69. The Balaban J connectivity index is 0. The van der Waals surface area contributed by atoms with Crippen LogP contribution in [-0.4, -0.2) is 5.96 Å². The zero-order chi connectivity index (χ0) is 6.28. The maximum Gasteiger partial charge on any atom is 0.211 e. The highest BCUT2D eigenvalue weighted by atomic mass is 15.0. The fourth-order valence-electron chi connectivity index (χ4n) is 0. The third kappa shape index (κ3) is 15.1. The average Bonchev–Trinajstić information content (AvgIpc) is 1.33. The summed E-state index contributed by atoms with van der Waals surface area (Å²) >= 11 is 0. The van der Waals surface area contributed by atoms with Crippen LogP contribution in [0.15, 0.2) is 0 Å². The van der Waals surface area contributed by atoms with E-state index in [2.05, 4.69) is 11.5 Å². The number of guanidine groups is 1. The first-order valence-corrected chi connectivity index (χ1v) is 1.27. The molecule has 0 aliphatic heterocycles. The van der Waals surface area contributed by atoms with Gasteiger partial charge in [-0.25, -0.2) is 0 Å². The average molecular weight is 103 g/mol. The van der Waals surface area contributed by atoms with E-state index >= 15 is 0 Å². The van der Waals surface area contributed by atoms with Crippen molar-refractivity contribution in [1.29, 1.82) is 16.5 Å². The zero-order valence-corrected chi connectivity index (χ0v) is 3.60. The molecule has 0 amide bonds. The second-order valence-corrected chi connectivity index (χ2v) is 0.567. The SMILES string of the molecule is N=C(N)N.N=[N+]=N. The number of nitrogens with one attached hydrogen (secondary N) is 3. The highest BCUT2D eigenvalue weighted by Gasteiger charge is 1.52. The van der Waals surface area contributed by atoms with Crippen molar-refractivity contribution in [2.24, 2.45) is 11.5 Å². The summed E-state index contributed by atoms with van der Waals surface area (Å²) in [5.74, 6) is -0.333. The predicted octanol–water partition coefficient (Wildman–Crippen LogP) is -1.05. The zero-order valence-electron chi connectivity index (χ0n) is 3.60. The molecule has 0 aliphatic carbocycles. The van der Waals surface area contributed by atoms with Gasteiger partial charge in [-0.05, 0) is 0 Å². The summed E-state index contributed by atoms with van der Waals surface area (Å²) in [7, 11) is 0. The largest absolute Gasteiger partial charge is 0.370 e. The monoisotopic (exact) mass is 103 g/mol. The van der Waals surface area contributed by atoms with Crippen LogP contribution in [0.2, 0.25) is 0 Å². The Bertz CT molecular complexity index is 72.2. The van der Waals surface area contributed by atoms with Crippen molar-refractivity contribution in [3.05, 3.63) is 0 Å². The lowest BCUT2D eigenvalue weighted by atomic mass is 11.1. The van der Waals surface area contributed by atoms with Crippen LogP contribution in [0.5, 0.6) is 0 Å². The minimum Gasteiger partial charge on any atom is -0.370 e. The molecule has 7 heavy (non-hydrogen) atoms. The highest BCUT2D eigenvalue weighted by molar-refractivity contribution is 5.71. The van der Waals surface area contributed by atoms with Gasteiger partial charge in [0.05, 0.1) is 0 Å². The van der Waals surface area contributed by atoms with Crippen molar-refractivity contribution in [2.45, 2.75) is 0 Å². The number of hydrogen-bond donors (Lipinski definition) is 5. The normalized spacial score (nSPS) is 4.57. The number of nitrogens with two attached hydrogens (primary N) is 2. The number of hydrogen-bond acceptors (Lipinski definition) is 3. The quantitative estimate of drug-likeness (QED) is 0.116. The maximum atomic E-state index is 6.06. The molecule has 0 bridgehead atoms. The summed E-state index contributed by atoms with van der Waals surface area (Å²) in [6.07, 6.45) is 0. The van der Waals surface area contributed by atoms with E-state index < -0.39 is 0 Å². The minimum atomic E-state index is -0.333. The van der Waals surface area contributed by atoms with Crippen LogP contribution in [0.25, 0.3) is 0 Å². The summed E-state index contributed by atoms with van der Waals surface area (Å²) < 4.78 is 0. The molecule has 6 nitrogen and oxygen atoms in total. The summed E-state index contributed by atoms with van der Waals surface area (Å²) in [5, 5.41) is 6.06. The van der Waals surface area contributed by atoms with Gasteiger partial charge in [0, 0.05) is 0 Å². The Kier molecular flexibility index (Phi) is 11.5. The first-order valence-electron chi connectivity index (χ1n) is 1.27. The van der Waals surface area contributed by atoms with Gasteiger partial charge in [-0.3, -0.25) is 5.41 Å². The molecule has 0 fully saturated rings. The minimum absolute atomic E-state index is 0.333. The van der Waals surface area contributed by atoms with E-state index in [9.17, 15) is 0 Å². The molecule has 0 aliphatic rings. The van der Waals surface area contributed by atoms with Crippen molar-refractivity contribution in [1.82, 2.24) is 4.91 Å². The highest BCUT2D eigenvalue weighted by Crippen LogP contribution is 1.13. The molecular weight excluding hydrogens is 96.1 g/mol. The molecular formula is CH7N6+. The Morgan fingerprint density at radius 3 is 1.29 bits per heavy atom. The van der Waals surface area contributed by atoms with Crippen LogP contribution >= 0.6 is 0 Å². The maximum absolute atomic E-state index is 6.06. The third-order valence-electron chi connectivity index (χ3n) is 0. The molecule has 0 spiro atoms. The van der Waals surface area contributed by atoms with Gasteiger partial charge < -0.3 is 11.5 Å². The smallest absolute Gasteiger partial charge is 0.211 e. The summed E-state index contributed by atoms with van der Waals surface area (Å²) in [6, 6.07) is 0. The first-order chi connectivity index (χ1) is 3.15. The van der Waals surface area contributed by atoms with Gasteiger partial charge in [0.25, 0.3) is 0 Å². The first kappa shape index (κ1) is 9.13. The molecule has 0 aromatic heterocycles. The van der Waals surface area contributed by atoms with Crippen LogP contribution in [0.3, 0.4) is 0 Å². The van der Waals surface area contributed by atoms with E-state index in [1.54, 1.807) is 0 Å². The second kappa shape index (κ2) is 8.82. The van der Waals surface area contributed by atoms with Crippen molar-refractivity contribution in [3.63, 3.8) is 0 Å². The molecule has 0 rings (SSSR count). The summed E-state index contributed by atoms with van der Waals surface area (Å²) in [5.41, 5.74) is 19.9. The molecule has 0 unspecified atom stereocenters. The molecule has 0 heterocycles. The lowest BCUT2D eigenvalue weighted by Crippen LogP contribution is -2.20. The van der Waals surface area contributed by atoms with Crippen LogP contribution in [-0.2, 0) is 0 Å². The van der Waals surface area contributed by atoms with E-state index in [1.807, 2.05) is 4.91 Å². The van der Waals surface area contributed by atoms with Gasteiger partial charge in [-0.1, -0.05) is 0 Å². The Hall–Kier alpha value is -1.42. The number of rotatable bonds is 0. The molecule has 0 atom stereocenters. The molecule has 0 saturated heterocycles. The molecule has 0 saturated carbocycles. The van der Waals surface area contributed by atoms with Gasteiger partial charge >= 0.3 is 0 Å². The van der Waals surface area contributed by atoms with E-state index in [-0.39, 0.29) is 5.96 Å². The Morgan fingerprint density at radius 1 is 1.29 bits per heavy atom. The van der Waals surface area contributed by atoms with Gasteiger partial charge in [0.1, 0.15) is 11.1 Å². The van der Waals surface area contributed by atoms with Crippen molar-refractivity contribution < 1.29 is 0 Å². The van der Waals surface area contributed by atoms with Crippen LogP contribution in [0, 0.1) is 16.5 Å². The second-order valence-electron chi connectivity index (χ2n) is 0.567. The van der Waals surface area contributed by atoms with E-state index in [1.165, 1.54) is 0 Å². The van der Waals surface area contributed by atoms with Crippen LogP contribution in [0.4, 0.5) is 0 Å². The van der Waals surface area contributed by atoms with Crippen LogP contribution < -0.4 is 16.4 Å². The van der Waals surface area contributed by atoms with Crippen molar-refractivity contribution in [3.8, 4) is 0 Å². The standard InChI is InChI=1S/CH5N3.H2N3/c2-1(3)4;1-3-2/h(H5,2,3,4);1-2H/q;+1. The predicted molar refractivity (Wildman–Crippen MR) is 23.7 cm³/mol. The van der Waals surface area contributed by atoms with Gasteiger partial charge in [0.2, 0.25) is 4.91 Å².